The van der Waals surface area contributed by atoms with Crippen molar-refractivity contribution in [2.75, 3.05) is 27.7 Å². The maximum Gasteiger partial charge on any atom is 0.338 e. The van der Waals surface area contributed by atoms with Gasteiger partial charge in [-0.15, -0.1) is 0 Å². The van der Waals surface area contributed by atoms with Gasteiger partial charge in [0.25, 0.3) is 0 Å². The molecule has 8 heavy (non-hydrogen) atoms. The summed E-state index contributed by atoms with van der Waals surface area (Å²) < 4.78 is 0.191. The Kier molecular flexibility index (Phi) is 2.12. The number of likely N-dealkylation sites (N-methyl/N-ethyl adjacent to an activating group) is 1. The quantitative estimate of drug-likeness (QED) is 0.458. The average molecular weight is 118 g/mol. The first kappa shape index (κ1) is 7.59. The van der Waals surface area contributed by atoms with Gasteiger partial charge in [-0.1, -0.05) is 0 Å². The fourth-order valence-electron chi connectivity index (χ4n) is 0.212. The van der Waals surface area contributed by atoms with Gasteiger partial charge < -0.3 is 5.11 Å². The predicted octanol–water partition coefficient (Wildman–Crippen LogP) is -0.789. The molecule has 48 valence electrons. The van der Waals surface area contributed by atoms with Crippen LogP contribution in [0.4, 0.5) is 0 Å². The molecule has 0 aliphatic carbocycles. The molecule has 0 aliphatic rings. The number of nitrogens with zero attached hydrogens (tertiary/aromatic N) is 1. The number of amides is 1. The van der Waals surface area contributed by atoms with Crippen molar-refractivity contribution < 1.29 is 14.4 Å². The second-order valence-corrected chi connectivity index (χ2v) is 2.56. The number of hydrogen-bond donors (Lipinski definition) is 1. The smallest absolute Gasteiger partial charge is 0.338 e. The van der Waals surface area contributed by atoms with Crippen molar-refractivity contribution >= 4 is 5.91 Å². The van der Waals surface area contributed by atoms with E-state index in [1.807, 2.05) is 0 Å². The molecular formula is C5H12NO2+. The van der Waals surface area contributed by atoms with Gasteiger partial charge >= 0.3 is 5.91 Å². The lowest BCUT2D eigenvalue weighted by molar-refractivity contribution is -0.792. The summed E-state index contributed by atoms with van der Waals surface area (Å²) >= 11 is 0. The monoisotopic (exact) mass is 118 g/mol. The van der Waals surface area contributed by atoms with E-state index in [1.54, 1.807) is 21.1 Å². The van der Waals surface area contributed by atoms with Crippen molar-refractivity contribution in [1.82, 2.24) is 0 Å². The number of quaternary nitrogens is 1. The van der Waals surface area contributed by atoms with Gasteiger partial charge in [-0.05, 0) is 0 Å². The highest BCUT2D eigenvalue weighted by atomic mass is 16.3. The van der Waals surface area contributed by atoms with Crippen molar-refractivity contribution in [3.8, 4) is 0 Å². The van der Waals surface area contributed by atoms with Crippen LogP contribution in [0.15, 0.2) is 0 Å². The highest BCUT2D eigenvalue weighted by Crippen LogP contribution is 1.88. The Bertz CT molecular complexity index is 93.1. The van der Waals surface area contributed by atoms with Crippen LogP contribution >= 0.6 is 0 Å². The number of carbonyl (C=O) groups excluding carboxylic acids is 1. The van der Waals surface area contributed by atoms with E-state index in [-0.39, 0.29) is 17.0 Å². The highest BCUT2D eigenvalue weighted by Gasteiger charge is 2.17. The van der Waals surface area contributed by atoms with Crippen molar-refractivity contribution in [3.05, 3.63) is 0 Å². The second-order valence-electron chi connectivity index (χ2n) is 2.56. The molecule has 0 aromatic heterocycles. The van der Waals surface area contributed by atoms with Crippen molar-refractivity contribution in [2.45, 2.75) is 0 Å². The Balaban J connectivity index is 3.82. The molecule has 0 saturated carbocycles. The molecule has 3 heteroatoms. The van der Waals surface area contributed by atoms with E-state index in [2.05, 4.69) is 0 Å². The van der Waals surface area contributed by atoms with Gasteiger partial charge in [0, 0.05) is 0 Å². The molecule has 0 atom stereocenters. The number of aliphatic hydroxyl groups excluding tert-OH is 1. The molecule has 0 heterocycles. The average Bonchev–Trinajstić information content (AvgIpc) is 1.62. The molecular weight excluding hydrogens is 106 g/mol. The zero-order valence-corrected chi connectivity index (χ0v) is 5.51. The van der Waals surface area contributed by atoms with Gasteiger partial charge in [-0.25, -0.2) is 4.79 Å². The summed E-state index contributed by atoms with van der Waals surface area (Å²) in [5.41, 5.74) is 0. The summed E-state index contributed by atoms with van der Waals surface area (Å²) in [6.45, 7) is -0.372. The first-order valence-electron chi connectivity index (χ1n) is 2.44. The molecule has 0 aromatic carbocycles. The van der Waals surface area contributed by atoms with E-state index in [1.165, 1.54) is 0 Å². The first-order valence-corrected chi connectivity index (χ1v) is 2.44. The van der Waals surface area contributed by atoms with Crippen molar-refractivity contribution in [3.63, 3.8) is 0 Å². The molecule has 1 N–H and O–H groups in total. The summed E-state index contributed by atoms with van der Waals surface area (Å²) in [6, 6.07) is 0. The van der Waals surface area contributed by atoms with Crippen LogP contribution in [0.2, 0.25) is 0 Å². The number of aliphatic hydroxyl groups is 1. The molecule has 0 unspecified atom stereocenters. The van der Waals surface area contributed by atoms with E-state index in [0.29, 0.717) is 0 Å². The molecule has 0 rings (SSSR count). The minimum atomic E-state index is -0.372. The lowest BCUT2D eigenvalue weighted by Crippen LogP contribution is -2.42. The zero-order valence-electron chi connectivity index (χ0n) is 5.51. The summed E-state index contributed by atoms with van der Waals surface area (Å²) in [6.07, 6.45) is 0. The summed E-state index contributed by atoms with van der Waals surface area (Å²) in [4.78, 5) is 10.6. The van der Waals surface area contributed by atoms with Crippen molar-refractivity contribution in [1.29, 1.82) is 0 Å². The fourth-order valence-corrected chi connectivity index (χ4v) is 0.212. The van der Waals surface area contributed by atoms with Gasteiger partial charge in [-0.2, -0.15) is 0 Å². The van der Waals surface area contributed by atoms with Gasteiger partial charge in [0.15, 0.2) is 6.61 Å². The van der Waals surface area contributed by atoms with E-state index in [4.69, 9.17) is 5.11 Å². The molecule has 0 aromatic rings. The third-order valence-electron chi connectivity index (χ3n) is 0.883. The van der Waals surface area contributed by atoms with Crippen LogP contribution in [0.25, 0.3) is 0 Å². The van der Waals surface area contributed by atoms with Gasteiger partial charge in [0.1, 0.15) is 0 Å². The Morgan fingerprint density at radius 3 is 1.88 bits per heavy atom. The zero-order chi connectivity index (χ0) is 6.78. The summed E-state index contributed by atoms with van der Waals surface area (Å²) in [5, 5.41) is 8.31. The molecule has 0 bridgehead atoms. The first-order chi connectivity index (χ1) is 3.48. The fraction of sp³-hybridized carbons (Fsp3) is 0.800. The largest absolute Gasteiger partial charge is 0.382 e. The molecule has 0 spiro atoms. The minimum Gasteiger partial charge on any atom is -0.382 e. The number of rotatable bonds is 1. The normalized spacial score (nSPS) is 11.5. The van der Waals surface area contributed by atoms with Gasteiger partial charge in [0.2, 0.25) is 0 Å². The lowest BCUT2D eigenvalue weighted by Gasteiger charge is -2.18. The van der Waals surface area contributed by atoms with E-state index < -0.39 is 0 Å². The third-order valence-corrected chi connectivity index (χ3v) is 0.883. The molecule has 0 radical (unpaired) electrons. The van der Waals surface area contributed by atoms with E-state index in [0.717, 1.165) is 0 Å². The number of carbonyl (C=O) groups is 1. The van der Waals surface area contributed by atoms with Crippen LogP contribution in [0.5, 0.6) is 0 Å². The molecule has 1 amide bonds. The van der Waals surface area contributed by atoms with Crippen LogP contribution < -0.4 is 0 Å². The number of hydrogen-bond acceptors (Lipinski definition) is 2. The molecule has 0 fully saturated rings. The van der Waals surface area contributed by atoms with Crippen molar-refractivity contribution in [2.24, 2.45) is 0 Å². The van der Waals surface area contributed by atoms with Crippen LogP contribution in [-0.2, 0) is 4.79 Å². The maximum absolute atomic E-state index is 10.6. The standard InChI is InChI=1S/C5H12NO2/c1-6(2,3)5(8)4-7/h7H,4H2,1-3H3/q+1. The SMILES string of the molecule is C[N+](C)(C)C(=O)CO. The van der Waals surface area contributed by atoms with E-state index in [9.17, 15) is 4.79 Å². The van der Waals surface area contributed by atoms with Gasteiger partial charge in [0.05, 0.1) is 21.1 Å². The maximum atomic E-state index is 10.6. The second kappa shape index (κ2) is 2.24. The predicted molar refractivity (Wildman–Crippen MR) is 30.1 cm³/mol. The van der Waals surface area contributed by atoms with Crippen LogP contribution in [0.1, 0.15) is 0 Å². The highest BCUT2D eigenvalue weighted by molar-refractivity contribution is 5.69. The summed E-state index contributed by atoms with van der Waals surface area (Å²) in [5.74, 6) is -0.176. The summed E-state index contributed by atoms with van der Waals surface area (Å²) in [7, 11) is 5.16. The Labute approximate surface area is 49.1 Å². The molecule has 3 nitrogen and oxygen atoms in total. The van der Waals surface area contributed by atoms with Gasteiger partial charge in [-0.3, -0.25) is 4.48 Å². The molecule has 0 saturated heterocycles. The topological polar surface area (TPSA) is 37.3 Å². The minimum absolute atomic E-state index is 0.176. The Morgan fingerprint density at radius 2 is 1.88 bits per heavy atom. The van der Waals surface area contributed by atoms with Crippen LogP contribution in [-0.4, -0.2) is 43.2 Å². The van der Waals surface area contributed by atoms with E-state index >= 15 is 0 Å². The Hall–Kier alpha value is -0.410. The molecule has 0 aliphatic heterocycles. The third kappa shape index (κ3) is 2.04. The van der Waals surface area contributed by atoms with Crippen LogP contribution in [0, 0.1) is 0 Å². The lowest BCUT2D eigenvalue weighted by atomic mass is 10.5. The Morgan fingerprint density at radius 1 is 1.50 bits per heavy atom. The van der Waals surface area contributed by atoms with Crippen LogP contribution in [0.3, 0.4) is 0 Å².